The third-order valence-corrected chi connectivity index (χ3v) is 2.82. The van der Waals surface area contributed by atoms with E-state index in [2.05, 4.69) is 20.9 Å². The lowest BCUT2D eigenvalue weighted by Gasteiger charge is -2.05. The summed E-state index contributed by atoms with van der Waals surface area (Å²) in [6.07, 6.45) is 2.05. The Kier molecular flexibility index (Phi) is 5.39. The second-order valence-electron chi connectivity index (χ2n) is 4.56. The molecule has 0 aliphatic carbocycles. The maximum atomic E-state index is 13.0. The Bertz CT molecular complexity index is 599. The normalized spacial score (nSPS) is 10.6. The Morgan fingerprint density at radius 2 is 2.29 bits per heavy atom. The van der Waals surface area contributed by atoms with Crippen molar-refractivity contribution in [2.24, 2.45) is 0 Å². The summed E-state index contributed by atoms with van der Waals surface area (Å²) in [4.78, 5) is 11.8. The van der Waals surface area contributed by atoms with Gasteiger partial charge in [-0.25, -0.2) is 4.39 Å². The number of hydrogen-bond acceptors (Lipinski definition) is 4. The van der Waals surface area contributed by atoms with Crippen LogP contribution in [-0.4, -0.2) is 27.4 Å². The Balaban J connectivity index is 1.79. The summed E-state index contributed by atoms with van der Waals surface area (Å²) < 4.78 is 14.6. The molecule has 2 rings (SSSR count). The highest BCUT2D eigenvalue weighted by Gasteiger charge is 2.05. The quantitative estimate of drug-likeness (QED) is 0.812. The Hall–Kier alpha value is -2.28. The first kappa shape index (κ1) is 15.1. The molecule has 0 saturated heterocycles. The molecule has 1 amide bonds. The van der Waals surface area contributed by atoms with Crippen LogP contribution in [0.2, 0.25) is 0 Å². The van der Waals surface area contributed by atoms with Crippen LogP contribution in [-0.2, 0) is 17.9 Å². The van der Waals surface area contributed by atoms with Gasteiger partial charge < -0.3 is 10.6 Å². The number of anilines is 1. The van der Waals surface area contributed by atoms with E-state index >= 15 is 0 Å². The second kappa shape index (κ2) is 7.49. The molecule has 1 aromatic carbocycles. The molecular formula is C14H18FN5O. The monoisotopic (exact) mass is 291 g/mol. The van der Waals surface area contributed by atoms with E-state index in [1.54, 1.807) is 23.0 Å². The predicted octanol–water partition coefficient (Wildman–Crippen LogP) is 1.56. The van der Waals surface area contributed by atoms with Gasteiger partial charge in [-0.3, -0.25) is 9.48 Å². The Morgan fingerprint density at radius 3 is 3.05 bits per heavy atom. The molecule has 0 saturated carbocycles. The fraction of sp³-hybridized carbons (Fsp3) is 0.357. The number of hydrogen-bond donors (Lipinski definition) is 2. The topological polar surface area (TPSA) is 71.8 Å². The van der Waals surface area contributed by atoms with Gasteiger partial charge in [-0.1, -0.05) is 18.2 Å². The van der Waals surface area contributed by atoms with E-state index in [0.717, 1.165) is 12.2 Å². The summed E-state index contributed by atoms with van der Waals surface area (Å²) in [6, 6.07) is 5.80. The lowest BCUT2D eigenvalue weighted by atomic mass is 10.3. The maximum absolute atomic E-state index is 13.0. The fourth-order valence-corrected chi connectivity index (χ4v) is 1.79. The molecule has 0 bridgehead atoms. The van der Waals surface area contributed by atoms with Crippen LogP contribution < -0.4 is 10.6 Å². The van der Waals surface area contributed by atoms with Crippen LogP contribution in [0.25, 0.3) is 0 Å². The van der Waals surface area contributed by atoms with E-state index in [-0.39, 0.29) is 18.1 Å². The van der Waals surface area contributed by atoms with E-state index in [1.807, 2.05) is 6.92 Å². The average molecular weight is 291 g/mol. The van der Waals surface area contributed by atoms with Crippen LogP contribution in [0.3, 0.4) is 0 Å². The van der Waals surface area contributed by atoms with Gasteiger partial charge in [-0.15, -0.1) is 5.10 Å². The number of aryl methyl sites for hydroxylation is 1. The molecule has 21 heavy (non-hydrogen) atoms. The lowest BCUT2D eigenvalue weighted by molar-refractivity contribution is -0.116. The lowest BCUT2D eigenvalue weighted by Crippen LogP contribution is -2.15. The molecule has 0 atom stereocenters. The highest BCUT2D eigenvalue weighted by Crippen LogP contribution is 2.09. The van der Waals surface area contributed by atoms with Crippen molar-refractivity contribution in [2.45, 2.75) is 26.4 Å². The SMILES string of the molecule is CCNCc1cn(CCC(=O)Nc2cccc(F)c2)nn1. The van der Waals surface area contributed by atoms with Gasteiger partial charge >= 0.3 is 0 Å². The number of benzene rings is 1. The van der Waals surface area contributed by atoms with Crippen molar-refractivity contribution in [1.82, 2.24) is 20.3 Å². The number of carbonyl (C=O) groups excluding carboxylic acids is 1. The summed E-state index contributed by atoms with van der Waals surface area (Å²) >= 11 is 0. The van der Waals surface area contributed by atoms with Gasteiger partial charge in [-0.05, 0) is 24.7 Å². The van der Waals surface area contributed by atoms with E-state index in [9.17, 15) is 9.18 Å². The van der Waals surface area contributed by atoms with Gasteiger partial charge in [0, 0.05) is 24.8 Å². The van der Waals surface area contributed by atoms with Crippen LogP contribution in [0.5, 0.6) is 0 Å². The minimum Gasteiger partial charge on any atom is -0.326 e. The van der Waals surface area contributed by atoms with Gasteiger partial charge in [0.15, 0.2) is 0 Å². The first-order chi connectivity index (χ1) is 10.2. The third kappa shape index (κ3) is 4.96. The first-order valence-electron chi connectivity index (χ1n) is 6.82. The molecule has 1 aromatic heterocycles. The van der Waals surface area contributed by atoms with Crippen LogP contribution in [0.15, 0.2) is 30.5 Å². The molecule has 112 valence electrons. The summed E-state index contributed by atoms with van der Waals surface area (Å²) in [6.45, 7) is 3.97. The maximum Gasteiger partial charge on any atom is 0.226 e. The van der Waals surface area contributed by atoms with Crippen LogP contribution in [0, 0.1) is 5.82 Å². The molecule has 0 unspecified atom stereocenters. The van der Waals surface area contributed by atoms with Gasteiger partial charge in [-0.2, -0.15) is 0 Å². The van der Waals surface area contributed by atoms with Gasteiger partial charge in [0.2, 0.25) is 5.91 Å². The Labute approximate surface area is 122 Å². The molecular weight excluding hydrogens is 273 g/mol. The first-order valence-corrected chi connectivity index (χ1v) is 6.82. The Morgan fingerprint density at radius 1 is 1.43 bits per heavy atom. The molecule has 6 nitrogen and oxygen atoms in total. The van der Waals surface area contributed by atoms with Gasteiger partial charge in [0.05, 0.1) is 12.2 Å². The summed E-state index contributed by atoms with van der Waals surface area (Å²) in [5, 5.41) is 13.7. The van der Waals surface area contributed by atoms with E-state index in [0.29, 0.717) is 18.8 Å². The zero-order chi connectivity index (χ0) is 15.1. The summed E-state index contributed by atoms with van der Waals surface area (Å²) in [5.41, 5.74) is 1.29. The predicted molar refractivity (Wildman–Crippen MR) is 77.0 cm³/mol. The number of carbonyl (C=O) groups is 1. The fourth-order valence-electron chi connectivity index (χ4n) is 1.79. The average Bonchev–Trinajstić information content (AvgIpc) is 2.91. The number of rotatable bonds is 7. The molecule has 0 fully saturated rings. The minimum absolute atomic E-state index is 0.190. The molecule has 0 aliphatic rings. The molecule has 2 aromatic rings. The van der Waals surface area contributed by atoms with Crippen LogP contribution in [0.1, 0.15) is 19.0 Å². The van der Waals surface area contributed by atoms with Crippen molar-refractivity contribution >= 4 is 11.6 Å². The molecule has 0 spiro atoms. The van der Waals surface area contributed by atoms with Crippen molar-refractivity contribution in [1.29, 1.82) is 0 Å². The van der Waals surface area contributed by atoms with Crippen molar-refractivity contribution in [2.75, 3.05) is 11.9 Å². The number of amides is 1. The van der Waals surface area contributed by atoms with Gasteiger partial charge in [0.25, 0.3) is 0 Å². The standard InChI is InChI=1S/C14H18FN5O/c1-2-16-9-13-10-20(19-18-13)7-6-14(21)17-12-5-3-4-11(15)8-12/h3-5,8,10,16H,2,6-7,9H2,1H3,(H,17,21). The number of nitrogens with zero attached hydrogens (tertiary/aromatic N) is 3. The van der Waals surface area contributed by atoms with E-state index in [1.165, 1.54) is 12.1 Å². The zero-order valence-corrected chi connectivity index (χ0v) is 11.8. The van der Waals surface area contributed by atoms with Crippen molar-refractivity contribution < 1.29 is 9.18 Å². The largest absolute Gasteiger partial charge is 0.326 e. The van der Waals surface area contributed by atoms with E-state index < -0.39 is 0 Å². The number of aromatic nitrogens is 3. The van der Waals surface area contributed by atoms with Crippen molar-refractivity contribution in [3.8, 4) is 0 Å². The van der Waals surface area contributed by atoms with E-state index in [4.69, 9.17) is 0 Å². The summed E-state index contributed by atoms with van der Waals surface area (Å²) in [7, 11) is 0. The second-order valence-corrected chi connectivity index (χ2v) is 4.56. The highest BCUT2D eigenvalue weighted by molar-refractivity contribution is 5.90. The summed E-state index contributed by atoms with van der Waals surface area (Å²) in [5.74, 6) is -0.568. The smallest absolute Gasteiger partial charge is 0.226 e. The van der Waals surface area contributed by atoms with Gasteiger partial charge in [0.1, 0.15) is 5.82 Å². The highest BCUT2D eigenvalue weighted by atomic mass is 19.1. The van der Waals surface area contributed by atoms with Crippen LogP contribution in [0.4, 0.5) is 10.1 Å². The number of halogens is 1. The molecule has 2 N–H and O–H groups in total. The third-order valence-electron chi connectivity index (χ3n) is 2.82. The van der Waals surface area contributed by atoms with Crippen molar-refractivity contribution in [3.63, 3.8) is 0 Å². The minimum atomic E-state index is -0.378. The zero-order valence-electron chi connectivity index (χ0n) is 11.8. The van der Waals surface area contributed by atoms with Crippen molar-refractivity contribution in [3.05, 3.63) is 42.0 Å². The molecule has 0 radical (unpaired) electrons. The molecule has 1 heterocycles. The molecule has 0 aliphatic heterocycles. The van der Waals surface area contributed by atoms with Crippen LogP contribution >= 0.6 is 0 Å². The molecule has 7 heteroatoms. The number of nitrogens with one attached hydrogen (secondary N) is 2.